The first-order valence-corrected chi connectivity index (χ1v) is 4.54. The lowest BCUT2D eigenvalue weighted by Crippen LogP contribution is -2.06. The minimum Gasteiger partial charge on any atom is -0.480 e. The minimum absolute atomic E-state index is 0.236. The SMILES string of the molecule is O=C(O)C(Cl)c1c(Cl)cccc1Cl. The molecule has 0 saturated carbocycles. The molecule has 0 amide bonds. The van der Waals surface area contributed by atoms with Crippen molar-refractivity contribution in [1.82, 2.24) is 0 Å². The van der Waals surface area contributed by atoms with E-state index in [1.807, 2.05) is 0 Å². The molecule has 0 radical (unpaired) electrons. The molecule has 1 aromatic rings. The summed E-state index contributed by atoms with van der Waals surface area (Å²) in [4.78, 5) is 10.6. The summed E-state index contributed by atoms with van der Waals surface area (Å²) in [5.41, 5.74) is 0.236. The summed E-state index contributed by atoms with van der Waals surface area (Å²) in [5.74, 6) is -1.17. The summed E-state index contributed by atoms with van der Waals surface area (Å²) in [5, 5.41) is 7.95. The molecule has 1 aromatic carbocycles. The topological polar surface area (TPSA) is 37.3 Å². The van der Waals surface area contributed by atoms with E-state index in [1.54, 1.807) is 18.2 Å². The van der Waals surface area contributed by atoms with Gasteiger partial charge in [0.25, 0.3) is 0 Å². The average Bonchev–Trinajstić information content (AvgIpc) is 2.03. The molecule has 0 fully saturated rings. The van der Waals surface area contributed by atoms with Crippen LogP contribution in [0, 0.1) is 0 Å². The quantitative estimate of drug-likeness (QED) is 0.804. The zero-order chi connectivity index (χ0) is 10.0. The maximum absolute atomic E-state index is 10.6. The van der Waals surface area contributed by atoms with E-state index in [-0.39, 0.29) is 15.6 Å². The second kappa shape index (κ2) is 4.18. The molecule has 0 aliphatic carbocycles. The zero-order valence-corrected chi connectivity index (χ0v) is 8.57. The van der Waals surface area contributed by atoms with Gasteiger partial charge in [-0.05, 0) is 12.1 Å². The standard InChI is InChI=1S/C8H5Cl3O2/c9-4-2-1-3-5(10)6(4)7(11)8(12)13/h1-3,7H,(H,12,13). The van der Waals surface area contributed by atoms with Crippen LogP contribution in [0.3, 0.4) is 0 Å². The molecule has 0 aliphatic rings. The predicted octanol–water partition coefficient (Wildman–Crippen LogP) is 3.36. The van der Waals surface area contributed by atoms with Crippen LogP contribution in [0.2, 0.25) is 10.0 Å². The molecule has 70 valence electrons. The highest BCUT2D eigenvalue weighted by atomic mass is 35.5. The van der Waals surface area contributed by atoms with E-state index in [1.165, 1.54) is 0 Å². The van der Waals surface area contributed by atoms with E-state index in [0.717, 1.165) is 0 Å². The van der Waals surface area contributed by atoms with E-state index >= 15 is 0 Å². The lowest BCUT2D eigenvalue weighted by atomic mass is 10.1. The second-order valence-corrected chi connectivity index (χ2v) is 3.59. The third-order valence-corrected chi connectivity index (χ3v) is 2.53. The van der Waals surface area contributed by atoms with Gasteiger partial charge in [-0.25, -0.2) is 0 Å². The Kier molecular flexibility index (Phi) is 3.42. The highest BCUT2D eigenvalue weighted by Gasteiger charge is 2.21. The van der Waals surface area contributed by atoms with E-state index in [0.29, 0.717) is 0 Å². The molecule has 1 unspecified atom stereocenters. The van der Waals surface area contributed by atoms with E-state index in [4.69, 9.17) is 39.9 Å². The fourth-order valence-corrected chi connectivity index (χ4v) is 1.84. The van der Waals surface area contributed by atoms with Crippen molar-refractivity contribution in [1.29, 1.82) is 0 Å². The van der Waals surface area contributed by atoms with Crippen LogP contribution in [0.1, 0.15) is 10.9 Å². The maximum Gasteiger partial charge on any atom is 0.326 e. The Balaban J connectivity index is 3.20. The number of carbonyl (C=O) groups is 1. The monoisotopic (exact) mass is 238 g/mol. The molecule has 5 heteroatoms. The number of aliphatic carboxylic acids is 1. The number of hydrogen-bond acceptors (Lipinski definition) is 1. The minimum atomic E-state index is -1.21. The molecule has 1 N–H and O–H groups in total. The highest BCUT2D eigenvalue weighted by molar-refractivity contribution is 6.39. The van der Waals surface area contributed by atoms with Crippen molar-refractivity contribution in [3.8, 4) is 0 Å². The molecule has 1 atom stereocenters. The van der Waals surface area contributed by atoms with Crippen LogP contribution in [-0.2, 0) is 4.79 Å². The van der Waals surface area contributed by atoms with Crippen LogP contribution in [0.25, 0.3) is 0 Å². The molecule has 0 heterocycles. The molecule has 0 bridgehead atoms. The van der Waals surface area contributed by atoms with Gasteiger partial charge in [0.2, 0.25) is 0 Å². The third-order valence-electron chi connectivity index (χ3n) is 1.47. The van der Waals surface area contributed by atoms with Crippen molar-refractivity contribution in [2.45, 2.75) is 5.38 Å². The van der Waals surface area contributed by atoms with Gasteiger partial charge in [-0.2, -0.15) is 0 Å². The van der Waals surface area contributed by atoms with Gasteiger partial charge in [-0.3, -0.25) is 4.79 Å². The summed E-state index contributed by atoms with van der Waals surface area (Å²) in [6.07, 6.45) is 0. The number of alkyl halides is 1. The maximum atomic E-state index is 10.6. The molecule has 2 nitrogen and oxygen atoms in total. The Morgan fingerprint density at radius 1 is 1.31 bits per heavy atom. The van der Waals surface area contributed by atoms with Gasteiger partial charge >= 0.3 is 5.97 Å². The molecule has 13 heavy (non-hydrogen) atoms. The van der Waals surface area contributed by atoms with Crippen LogP contribution >= 0.6 is 34.8 Å². The van der Waals surface area contributed by atoms with Gasteiger partial charge in [-0.15, -0.1) is 11.6 Å². The van der Waals surface area contributed by atoms with E-state index < -0.39 is 11.3 Å². The molecular formula is C8H5Cl3O2. The van der Waals surface area contributed by atoms with Crippen molar-refractivity contribution in [3.05, 3.63) is 33.8 Å². The Hall–Kier alpha value is -0.440. The average molecular weight is 239 g/mol. The van der Waals surface area contributed by atoms with Crippen molar-refractivity contribution in [3.63, 3.8) is 0 Å². The first kappa shape index (κ1) is 10.6. The van der Waals surface area contributed by atoms with Gasteiger partial charge in [-0.1, -0.05) is 29.3 Å². The van der Waals surface area contributed by atoms with Crippen LogP contribution in [0.15, 0.2) is 18.2 Å². The zero-order valence-electron chi connectivity index (χ0n) is 6.30. The lowest BCUT2D eigenvalue weighted by Gasteiger charge is -2.08. The number of rotatable bonds is 2. The molecule has 0 aliphatic heterocycles. The van der Waals surface area contributed by atoms with Crippen LogP contribution in [0.4, 0.5) is 0 Å². The van der Waals surface area contributed by atoms with Gasteiger partial charge < -0.3 is 5.11 Å². The second-order valence-electron chi connectivity index (χ2n) is 2.34. The number of benzene rings is 1. The normalized spacial score (nSPS) is 12.5. The Morgan fingerprint density at radius 3 is 2.15 bits per heavy atom. The van der Waals surface area contributed by atoms with Crippen molar-refractivity contribution in [2.24, 2.45) is 0 Å². The number of halogens is 3. The first-order chi connectivity index (χ1) is 6.04. The molecule has 0 spiro atoms. The third kappa shape index (κ3) is 2.27. The van der Waals surface area contributed by atoms with Crippen LogP contribution in [0.5, 0.6) is 0 Å². The Labute approximate surface area is 90.0 Å². The largest absolute Gasteiger partial charge is 0.480 e. The summed E-state index contributed by atoms with van der Waals surface area (Å²) < 4.78 is 0. The highest BCUT2D eigenvalue weighted by Crippen LogP contribution is 2.33. The van der Waals surface area contributed by atoms with Crippen LogP contribution < -0.4 is 0 Å². The number of hydrogen-bond donors (Lipinski definition) is 1. The number of carboxylic acids is 1. The fraction of sp³-hybridized carbons (Fsp3) is 0.125. The van der Waals surface area contributed by atoms with E-state index in [2.05, 4.69) is 0 Å². The lowest BCUT2D eigenvalue weighted by molar-refractivity contribution is -0.136. The summed E-state index contributed by atoms with van der Waals surface area (Å²) in [6.45, 7) is 0. The van der Waals surface area contributed by atoms with Gasteiger partial charge in [0.15, 0.2) is 5.38 Å². The molecular weight excluding hydrogens is 234 g/mol. The van der Waals surface area contributed by atoms with Crippen LogP contribution in [-0.4, -0.2) is 11.1 Å². The summed E-state index contributed by atoms with van der Waals surface area (Å²) in [7, 11) is 0. The summed E-state index contributed by atoms with van der Waals surface area (Å²) in [6, 6.07) is 4.71. The van der Waals surface area contributed by atoms with Gasteiger partial charge in [0.05, 0.1) is 0 Å². The van der Waals surface area contributed by atoms with Crippen molar-refractivity contribution in [2.75, 3.05) is 0 Å². The molecule has 1 rings (SSSR count). The van der Waals surface area contributed by atoms with Crippen molar-refractivity contribution >= 4 is 40.8 Å². The number of carboxylic acid groups (broad SMARTS) is 1. The first-order valence-electron chi connectivity index (χ1n) is 3.35. The Bertz CT molecular complexity index is 318. The van der Waals surface area contributed by atoms with Gasteiger partial charge in [0.1, 0.15) is 0 Å². The van der Waals surface area contributed by atoms with E-state index in [9.17, 15) is 4.79 Å². The predicted molar refractivity (Wildman–Crippen MR) is 52.7 cm³/mol. The smallest absolute Gasteiger partial charge is 0.326 e. The fourth-order valence-electron chi connectivity index (χ4n) is 0.876. The Morgan fingerprint density at radius 2 is 1.77 bits per heavy atom. The summed E-state index contributed by atoms with van der Waals surface area (Å²) >= 11 is 17.1. The van der Waals surface area contributed by atoms with Crippen molar-refractivity contribution < 1.29 is 9.90 Å². The molecule has 0 saturated heterocycles. The van der Waals surface area contributed by atoms with Gasteiger partial charge in [0, 0.05) is 15.6 Å². The molecule has 0 aromatic heterocycles.